The van der Waals surface area contributed by atoms with Crippen LogP contribution >= 0.6 is 22.9 Å². The molecule has 4 aromatic rings. The maximum Gasteiger partial charge on any atom is 0.264 e. The van der Waals surface area contributed by atoms with E-state index < -0.39 is 0 Å². The lowest BCUT2D eigenvalue weighted by atomic mass is 10.2. The lowest BCUT2D eigenvalue weighted by Gasteiger charge is -2.05. The van der Waals surface area contributed by atoms with Gasteiger partial charge in [-0.2, -0.15) is 0 Å². The van der Waals surface area contributed by atoms with E-state index in [0.717, 1.165) is 21.1 Å². The molecule has 136 valence electrons. The molecule has 0 atom stereocenters. The second-order valence-corrected chi connectivity index (χ2v) is 7.10. The van der Waals surface area contributed by atoms with Crippen molar-refractivity contribution in [3.8, 4) is 11.5 Å². The van der Waals surface area contributed by atoms with Crippen molar-refractivity contribution in [1.29, 1.82) is 0 Å². The monoisotopic (exact) mass is 399 g/mol. The Hall–Kier alpha value is -2.90. The first kappa shape index (κ1) is 17.5. The molecule has 2 heterocycles. The van der Waals surface area contributed by atoms with E-state index in [-0.39, 0.29) is 12.5 Å². The summed E-state index contributed by atoms with van der Waals surface area (Å²) in [6, 6.07) is 12.5. The highest BCUT2D eigenvalue weighted by atomic mass is 35.5. The van der Waals surface area contributed by atoms with Gasteiger partial charge in [-0.1, -0.05) is 22.9 Å². The number of ether oxygens (including phenoxy) is 2. The molecule has 0 unspecified atom stereocenters. The van der Waals surface area contributed by atoms with Gasteiger partial charge in [0.05, 0.1) is 17.3 Å². The number of nitrogens with one attached hydrogen (secondary N) is 1. The van der Waals surface area contributed by atoms with Gasteiger partial charge in [0.25, 0.3) is 5.91 Å². The molecule has 0 aliphatic rings. The molecule has 1 N–H and O–H groups in total. The predicted molar refractivity (Wildman–Crippen MR) is 107 cm³/mol. The van der Waals surface area contributed by atoms with Gasteiger partial charge in [-0.3, -0.25) is 15.1 Å². The van der Waals surface area contributed by atoms with Crippen LogP contribution in [0.3, 0.4) is 0 Å². The van der Waals surface area contributed by atoms with Crippen molar-refractivity contribution in [2.75, 3.05) is 19.0 Å². The summed E-state index contributed by atoms with van der Waals surface area (Å²) in [6.07, 6.45) is 1.71. The molecule has 0 saturated heterocycles. The lowest BCUT2D eigenvalue weighted by molar-refractivity contribution is -0.118. The minimum Gasteiger partial charge on any atom is -0.494 e. The molecule has 6 nitrogen and oxygen atoms in total. The Morgan fingerprint density at radius 3 is 2.81 bits per heavy atom. The van der Waals surface area contributed by atoms with Crippen molar-refractivity contribution in [1.82, 2.24) is 9.97 Å². The van der Waals surface area contributed by atoms with Crippen LogP contribution in [0.2, 0.25) is 5.02 Å². The summed E-state index contributed by atoms with van der Waals surface area (Å²) in [5.74, 6) is 0.949. The molecule has 2 aromatic carbocycles. The van der Waals surface area contributed by atoms with Gasteiger partial charge in [0, 0.05) is 22.7 Å². The van der Waals surface area contributed by atoms with Crippen LogP contribution < -0.4 is 14.8 Å². The summed E-state index contributed by atoms with van der Waals surface area (Å²) in [7, 11) is 1.60. The van der Waals surface area contributed by atoms with E-state index in [1.54, 1.807) is 37.6 Å². The molecule has 0 radical (unpaired) electrons. The van der Waals surface area contributed by atoms with E-state index in [1.165, 1.54) is 11.3 Å². The van der Waals surface area contributed by atoms with Crippen LogP contribution in [-0.2, 0) is 4.79 Å². The van der Waals surface area contributed by atoms with E-state index in [4.69, 9.17) is 21.1 Å². The number of thiazole rings is 1. The number of rotatable bonds is 5. The zero-order valence-corrected chi connectivity index (χ0v) is 15.8. The predicted octanol–water partition coefficient (Wildman–Crippen LogP) is 4.52. The van der Waals surface area contributed by atoms with Gasteiger partial charge in [0.1, 0.15) is 17.0 Å². The summed E-state index contributed by atoms with van der Waals surface area (Å²) in [6.45, 7) is -0.122. The number of methoxy groups -OCH3 is 1. The number of aromatic nitrogens is 2. The van der Waals surface area contributed by atoms with Gasteiger partial charge < -0.3 is 9.47 Å². The molecule has 0 bridgehead atoms. The van der Waals surface area contributed by atoms with Crippen LogP contribution in [0.15, 0.2) is 48.7 Å². The van der Waals surface area contributed by atoms with Gasteiger partial charge in [0.15, 0.2) is 11.7 Å². The van der Waals surface area contributed by atoms with Gasteiger partial charge in [-0.15, -0.1) is 0 Å². The number of carbonyl (C=O) groups is 1. The van der Waals surface area contributed by atoms with Crippen LogP contribution in [-0.4, -0.2) is 29.6 Å². The maximum absolute atomic E-state index is 12.2. The van der Waals surface area contributed by atoms with Gasteiger partial charge in [0.2, 0.25) is 0 Å². The highest BCUT2D eigenvalue weighted by Crippen LogP contribution is 2.36. The Morgan fingerprint density at radius 1 is 1.22 bits per heavy atom. The normalized spacial score (nSPS) is 10.9. The third-order valence-electron chi connectivity index (χ3n) is 3.86. The molecule has 4 rings (SSSR count). The lowest BCUT2D eigenvalue weighted by Crippen LogP contribution is -2.19. The van der Waals surface area contributed by atoms with Crippen LogP contribution in [0.5, 0.6) is 11.5 Å². The number of fused-ring (bicyclic) bond motifs is 3. The largest absolute Gasteiger partial charge is 0.494 e. The van der Waals surface area contributed by atoms with E-state index in [2.05, 4.69) is 15.3 Å². The van der Waals surface area contributed by atoms with Crippen molar-refractivity contribution < 1.29 is 14.3 Å². The molecular formula is C19H14ClN3O3S. The van der Waals surface area contributed by atoms with Crippen LogP contribution in [0.4, 0.5) is 5.13 Å². The van der Waals surface area contributed by atoms with E-state index in [1.807, 2.05) is 18.2 Å². The van der Waals surface area contributed by atoms with Crippen molar-refractivity contribution in [3.63, 3.8) is 0 Å². The first-order valence-electron chi connectivity index (χ1n) is 8.04. The summed E-state index contributed by atoms with van der Waals surface area (Å²) in [4.78, 5) is 21.1. The first-order valence-corrected chi connectivity index (χ1v) is 9.24. The van der Waals surface area contributed by atoms with Crippen molar-refractivity contribution >= 4 is 55.1 Å². The molecule has 0 fully saturated rings. The number of nitrogens with zero attached hydrogens (tertiary/aromatic N) is 2. The van der Waals surface area contributed by atoms with Crippen molar-refractivity contribution in [3.05, 3.63) is 53.7 Å². The number of pyridine rings is 1. The Bertz CT molecular complexity index is 1130. The molecule has 2 aromatic heterocycles. The quantitative estimate of drug-likeness (QED) is 0.534. The number of benzene rings is 2. The van der Waals surface area contributed by atoms with Crippen molar-refractivity contribution in [2.45, 2.75) is 0 Å². The van der Waals surface area contributed by atoms with Gasteiger partial charge >= 0.3 is 0 Å². The van der Waals surface area contributed by atoms with Crippen molar-refractivity contribution in [2.24, 2.45) is 0 Å². The Labute approximate surface area is 163 Å². The highest BCUT2D eigenvalue weighted by molar-refractivity contribution is 7.22. The van der Waals surface area contributed by atoms with E-state index >= 15 is 0 Å². The molecule has 0 spiro atoms. The molecular weight excluding hydrogens is 386 g/mol. The van der Waals surface area contributed by atoms with Crippen LogP contribution in [0.1, 0.15) is 0 Å². The second-order valence-electron chi connectivity index (χ2n) is 5.63. The Kier molecular flexibility index (Phi) is 4.79. The number of amides is 1. The smallest absolute Gasteiger partial charge is 0.264 e. The van der Waals surface area contributed by atoms with Crippen LogP contribution in [0, 0.1) is 0 Å². The summed E-state index contributed by atoms with van der Waals surface area (Å²) in [5.41, 5.74) is 1.51. The minimum atomic E-state index is -0.293. The number of carbonyl (C=O) groups excluding carboxylic acids is 1. The number of hydrogen-bond donors (Lipinski definition) is 1. The average Bonchev–Trinajstić information content (AvgIpc) is 3.09. The first-order chi connectivity index (χ1) is 13.1. The molecule has 0 saturated carbocycles. The third kappa shape index (κ3) is 3.65. The maximum atomic E-state index is 12.2. The SMILES string of the molecule is COc1cc2sc(NC(=O)COc3ccc(Cl)cc3)nc2c2cccnc12. The highest BCUT2D eigenvalue weighted by Gasteiger charge is 2.14. The molecule has 27 heavy (non-hydrogen) atoms. The van der Waals surface area contributed by atoms with Crippen LogP contribution in [0.25, 0.3) is 21.1 Å². The molecule has 0 aliphatic heterocycles. The fraction of sp³-hybridized carbons (Fsp3) is 0.105. The fourth-order valence-electron chi connectivity index (χ4n) is 2.65. The standard InChI is InChI=1S/C19H14ClN3O3S/c1-25-14-9-15-18(13-3-2-8-21-17(13)14)23-19(27-15)22-16(24)10-26-12-6-4-11(20)5-7-12/h2-9H,10H2,1H3,(H,22,23,24). The Morgan fingerprint density at radius 2 is 2.04 bits per heavy atom. The second kappa shape index (κ2) is 7.38. The number of halogens is 1. The zero-order chi connectivity index (χ0) is 18.8. The number of hydrogen-bond acceptors (Lipinski definition) is 6. The zero-order valence-electron chi connectivity index (χ0n) is 14.2. The van der Waals surface area contributed by atoms with Gasteiger partial charge in [-0.05, 0) is 36.4 Å². The summed E-state index contributed by atoms with van der Waals surface area (Å²) in [5, 5.41) is 4.75. The van der Waals surface area contributed by atoms with E-state index in [9.17, 15) is 4.79 Å². The molecule has 1 amide bonds. The Balaban J connectivity index is 1.54. The number of anilines is 1. The van der Waals surface area contributed by atoms with Gasteiger partial charge in [-0.25, -0.2) is 4.98 Å². The molecule has 8 heteroatoms. The average molecular weight is 400 g/mol. The third-order valence-corrected chi connectivity index (χ3v) is 5.03. The fourth-order valence-corrected chi connectivity index (χ4v) is 3.70. The topological polar surface area (TPSA) is 73.3 Å². The van der Waals surface area contributed by atoms with E-state index in [0.29, 0.717) is 21.7 Å². The molecule has 0 aliphatic carbocycles. The summed E-state index contributed by atoms with van der Waals surface area (Å²) >= 11 is 7.20. The minimum absolute atomic E-state index is 0.122. The summed E-state index contributed by atoms with van der Waals surface area (Å²) < 4.78 is 11.8.